The van der Waals surface area contributed by atoms with Gasteiger partial charge in [-0.3, -0.25) is 0 Å². The van der Waals surface area contributed by atoms with E-state index in [0.717, 1.165) is 22.8 Å². The number of rotatable bonds is 4. The summed E-state index contributed by atoms with van der Waals surface area (Å²) in [6.07, 6.45) is 3.75. The summed E-state index contributed by atoms with van der Waals surface area (Å²) in [6, 6.07) is 17.8. The zero-order valence-corrected chi connectivity index (χ0v) is 11.2. The molecule has 4 heteroatoms. The summed E-state index contributed by atoms with van der Waals surface area (Å²) >= 11 is 0. The summed E-state index contributed by atoms with van der Waals surface area (Å²) in [5, 5.41) is 7.65. The summed E-state index contributed by atoms with van der Waals surface area (Å²) in [5.74, 6) is 0.824. The summed E-state index contributed by atoms with van der Waals surface area (Å²) in [6.45, 7) is 0. The van der Waals surface area contributed by atoms with E-state index in [1.54, 1.807) is 13.3 Å². The number of aromatic nitrogens is 2. The molecule has 100 valence electrons. The van der Waals surface area contributed by atoms with Gasteiger partial charge in [0.05, 0.1) is 30.9 Å². The molecular formula is C16H15N3O. The van der Waals surface area contributed by atoms with Crippen LogP contribution in [0.15, 0.2) is 67.0 Å². The third-order valence-electron chi connectivity index (χ3n) is 2.96. The van der Waals surface area contributed by atoms with Crippen LogP contribution in [0.25, 0.3) is 5.69 Å². The summed E-state index contributed by atoms with van der Waals surface area (Å²) in [5.41, 5.74) is 2.94. The first-order chi connectivity index (χ1) is 9.85. The van der Waals surface area contributed by atoms with Gasteiger partial charge in [-0.15, -0.1) is 0 Å². The summed E-state index contributed by atoms with van der Waals surface area (Å²) < 4.78 is 7.04. The lowest BCUT2D eigenvalue weighted by Crippen LogP contribution is -1.93. The number of nitrogens with one attached hydrogen (secondary N) is 1. The molecule has 2 aromatic carbocycles. The molecule has 0 aliphatic heterocycles. The Morgan fingerprint density at radius 2 is 1.85 bits per heavy atom. The molecule has 0 amide bonds. The second kappa shape index (κ2) is 5.48. The fourth-order valence-corrected chi connectivity index (χ4v) is 1.98. The van der Waals surface area contributed by atoms with Crippen LogP contribution in [0.1, 0.15) is 0 Å². The zero-order valence-electron chi connectivity index (χ0n) is 11.2. The highest BCUT2D eigenvalue weighted by Gasteiger charge is 2.01. The first kappa shape index (κ1) is 12.3. The smallest absolute Gasteiger partial charge is 0.120 e. The van der Waals surface area contributed by atoms with Crippen molar-refractivity contribution < 1.29 is 4.74 Å². The van der Waals surface area contributed by atoms with E-state index in [1.807, 2.05) is 65.5 Å². The molecule has 0 atom stereocenters. The minimum absolute atomic E-state index is 0.824. The Balaban J connectivity index is 1.80. The number of nitrogens with zero attached hydrogens (tertiary/aromatic N) is 2. The summed E-state index contributed by atoms with van der Waals surface area (Å²) in [7, 11) is 1.66. The molecule has 3 rings (SSSR count). The van der Waals surface area contributed by atoms with Crippen molar-refractivity contribution in [3.05, 3.63) is 67.0 Å². The molecular weight excluding hydrogens is 250 g/mol. The standard InChI is InChI=1S/C16H15N3O/c1-20-16-9-5-6-13(10-16)18-14-11-17-19(12-14)15-7-3-2-4-8-15/h2-12,18H,1H3. The average Bonchev–Trinajstić information content (AvgIpc) is 2.97. The molecule has 0 fully saturated rings. The minimum Gasteiger partial charge on any atom is -0.497 e. The highest BCUT2D eigenvalue weighted by Crippen LogP contribution is 2.21. The highest BCUT2D eigenvalue weighted by molar-refractivity contribution is 5.60. The Morgan fingerprint density at radius 1 is 1.00 bits per heavy atom. The second-order valence-corrected chi connectivity index (χ2v) is 4.37. The fraction of sp³-hybridized carbons (Fsp3) is 0.0625. The predicted octanol–water partition coefficient (Wildman–Crippen LogP) is 3.62. The number of benzene rings is 2. The minimum atomic E-state index is 0.824. The van der Waals surface area contributed by atoms with Crippen LogP contribution in [0.3, 0.4) is 0 Å². The van der Waals surface area contributed by atoms with Crippen molar-refractivity contribution in [1.82, 2.24) is 9.78 Å². The number of hydrogen-bond acceptors (Lipinski definition) is 3. The van der Waals surface area contributed by atoms with Crippen molar-refractivity contribution in [2.24, 2.45) is 0 Å². The van der Waals surface area contributed by atoms with Gasteiger partial charge in [0, 0.05) is 11.8 Å². The topological polar surface area (TPSA) is 39.1 Å². The second-order valence-electron chi connectivity index (χ2n) is 4.37. The van der Waals surface area contributed by atoms with E-state index in [2.05, 4.69) is 10.4 Å². The molecule has 1 heterocycles. The third-order valence-corrected chi connectivity index (χ3v) is 2.96. The van der Waals surface area contributed by atoms with Gasteiger partial charge in [-0.25, -0.2) is 4.68 Å². The highest BCUT2D eigenvalue weighted by atomic mass is 16.5. The van der Waals surface area contributed by atoms with Gasteiger partial charge >= 0.3 is 0 Å². The van der Waals surface area contributed by atoms with Crippen LogP contribution >= 0.6 is 0 Å². The maximum atomic E-state index is 5.21. The molecule has 0 saturated carbocycles. The largest absolute Gasteiger partial charge is 0.497 e. The number of ether oxygens (including phenoxy) is 1. The molecule has 0 spiro atoms. The Labute approximate surface area is 117 Å². The van der Waals surface area contributed by atoms with Crippen LogP contribution in [0.4, 0.5) is 11.4 Å². The monoisotopic (exact) mass is 265 g/mol. The molecule has 0 bridgehead atoms. The van der Waals surface area contributed by atoms with E-state index < -0.39 is 0 Å². The quantitative estimate of drug-likeness (QED) is 0.783. The van der Waals surface area contributed by atoms with E-state index in [0.29, 0.717) is 0 Å². The van der Waals surface area contributed by atoms with Gasteiger partial charge in [-0.05, 0) is 24.3 Å². The van der Waals surface area contributed by atoms with Crippen molar-refractivity contribution in [2.45, 2.75) is 0 Å². The van der Waals surface area contributed by atoms with Crippen molar-refractivity contribution in [3.8, 4) is 11.4 Å². The Morgan fingerprint density at radius 3 is 2.65 bits per heavy atom. The molecule has 1 N–H and O–H groups in total. The van der Waals surface area contributed by atoms with Gasteiger partial charge in [-0.1, -0.05) is 24.3 Å². The van der Waals surface area contributed by atoms with Gasteiger partial charge in [0.15, 0.2) is 0 Å². The van der Waals surface area contributed by atoms with E-state index >= 15 is 0 Å². The summed E-state index contributed by atoms with van der Waals surface area (Å²) in [4.78, 5) is 0. The molecule has 0 saturated heterocycles. The number of para-hydroxylation sites is 1. The molecule has 20 heavy (non-hydrogen) atoms. The molecule has 0 radical (unpaired) electrons. The Hall–Kier alpha value is -2.75. The number of anilines is 2. The predicted molar refractivity (Wildman–Crippen MR) is 79.8 cm³/mol. The Kier molecular flexibility index (Phi) is 3.37. The van der Waals surface area contributed by atoms with E-state index in [-0.39, 0.29) is 0 Å². The molecule has 0 aliphatic carbocycles. The van der Waals surface area contributed by atoms with Gasteiger partial charge in [0.2, 0.25) is 0 Å². The molecule has 4 nitrogen and oxygen atoms in total. The van der Waals surface area contributed by atoms with Crippen molar-refractivity contribution >= 4 is 11.4 Å². The lowest BCUT2D eigenvalue weighted by Gasteiger charge is -2.05. The lowest BCUT2D eigenvalue weighted by molar-refractivity contribution is 0.415. The molecule has 0 unspecified atom stereocenters. The fourth-order valence-electron chi connectivity index (χ4n) is 1.98. The average molecular weight is 265 g/mol. The molecule has 3 aromatic rings. The third kappa shape index (κ3) is 2.64. The van der Waals surface area contributed by atoms with E-state index in [1.165, 1.54) is 0 Å². The van der Waals surface area contributed by atoms with Crippen molar-refractivity contribution in [1.29, 1.82) is 0 Å². The normalized spacial score (nSPS) is 10.2. The van der Waals surface area contributed by atoms with Gasteiger partial charge in [0.25, 0.3) is 0 Å². The van der Waals surface area contributed by atoms with Gasteiger partial charge < -0.3 is 10.1 Å². The molecule has 1 aromatic heterocycles. The maximum absolute atomic E-state index is 5.21. The first-order valence-corrected chi connectivity index (χ1v) is 6.36. The Bertz CT molecular complexity index is 692. The van der Waals surface area contributed by atoms with Crippen LogP contribution in [0.5, 0.6) is 5.75 Å². The van der Waals surface area contributed by atoms with Crippen molar-refractivity contribution in [2.75, 3.05) is 12.4 Å². The van der Waals surface area contributed by atoms with E-state index in [4.69, 9.17) is 4.74 Å². The van der Waals surface area contributed by atoms with Gasteiger partial charge in [0.1, 0.15) is 5.75 Å². The van der Waals surface area contributed by atoms with Crippen LogP contribution in [-0.2, 0) is 0 Å². The van der Waals surface area contributed by atoms with E-state index in [9.17, 15) is 0 Å². The SMILES string of the molecule is COc1cccc(Nc2cnn(-c3ccccc3)c2)c1. The number of hydrogen-bond donors (Lipinski definition) is 1. The van der Waals surface area contributed by atoms with Crippen LogP contribution < -0.4 is 10.1 Å². The zero-order chi connectivity index (χ0) is 13.8. The lowest BCUT2D eigenvalue weighted by atomic mass is 10.3. The van der Waals surface area contributed by atoms with Crippen LogP contribution in [0, 0.1) is 0 Å². The van der Waals surface area contributed by atoms with Crippen molar-refractivity contribution in [3.63, 3.8) is 0 Å². The first-order valence-electron chi connectivity index (χ1n) is 6.36. The molecule has 0 aliphatic rings. The maximum Gasteiger partial charge on any atom is 0.120 e. The van der Waals surface area contributed by atoms with Crippen LogP contribution in [-0.4, -0.2) is 16.9 Å². The van der Waals surface area contributed by atoms with Crippen LogP contribution in [0.2, 0.25) is 0 Å². The van der Waals surface area contributed by atoms with Gasteiger partial charge in [-0.2, -0.15) is 5.10 Å². The number of methoxy groups -OCH3 is 1.